The molecular weight excluding hydrogens is 291 g/mol. The molecule has 1 aromatic heterocycles. The Morgan fingerprint density at radius 3 is 2.67 bits per heavy atom. The van der Waals surface area contributed by atoms with E-state index in [1.807, 2.05) is 24.3 Å². The second-order valence-electron chi connectivity index (χ2n) is 4.88. The second kappa shape index (κ2) is 6.68. The normalized spacial score (nSPS) is 12.0. The van der Waals surface area contributed by atoms with Crippen molar-refractivity contribution in [3.8, 4) is 0 Å². The molecule has 21 heavy (non-hydrogen) atoms. The number of aromatic nitrogens is 1. The van der Waals surface area contributed by atoms with Crippen molar-refractivity contribution in [2.75, 3.05) is 5.32 Å². The summed E-state index contributed by atoms with van der Waals surface area (Å²) in [5, 5.41) is 2.66. The van der Waals surface area contributed by atoms with Crippen LogP contribution in [0.25, 0.3) is 0 Å². The number of amides is 1. The number of nitrogens with zero attached hydrogens (tertiary/aromatic N) is 1. The van der Waals surface area contributed by atoms with Crippen LogP contribution in [-0.4, -0.2) is 10.9 Å². The van der Waals surface area contributed by atoms with E-state index >= 15 is 0 Å². The lowest BCUT2D eigenvalue weighted by Gasteiger charge is -2.11. The SMILES string of the molecule is CCC(C)c1ccc(NC(=O)c2cc(F)cnc2Cl)cc1. The van der Waals surface area contributed by atoms with Crippen molar-refractivity contribution in [3.63, 3.8) is 0 Å². The van der Waals surface area contributed by atoms with Crippen LogP contribution in [0.3, 0.4) is 0 Å². The van der Waals surface area contributed by atoms with Crippen molar-refractivity contribution in [2.24, 2.45) is 0 Å². The van der Waals surface area contributed by atoms with Crippen LogP contribution >= 0.6 is 11.6 Å². The summed E-state index contributed by atoms with van der Waals surface area (Å²) in [6, 6.07) is 8.64. The van der Waals surface area contributed by atoms with E-state index in [9.17, 15) is 9.18 Å². The summed E-state index contributed by atoms with van der Waals surface area (Å²) in [4.78, 5) is 15.7. The lowest BCUT2D eigenvalue weighted by molar-refractivity contribution is 0.102. The van der Waals surface area contributed by atoms with Crippen molar-refractivity contribution >= 4 is 23.2 Å². The molecule has 0 aliphatic heterocycles. The summed E-state index contributed by atoms with van der Waals surface area (Å²) < 4.78 is 13.1. The van der Waals surface area contributed by atoms with Crippen LogP contribution in [0.5, 0.6) is 0 Å². The molecule has 5 heteroatoms. The van der Waals surface area contributed by atoms with Gasteiger partial charge in [-0.15, -0.1) is 0 Å². The Kier molecular flexibility index (Phi) is 4.91. The van der Waals surface area contributed by atoms with Gasteiger partial charge in [0.05, 0.1) is 11.8 Å². The Bertz CT molecular complexity index is 643. The predicted molar refractivity (Wildman–Crippen MR) is 82.3 cm³/mol. The molecule has 0 aliphatic rings. The first kappa shape index (κ1) is 15.4. The number of carbonyl (C=O) groups excluding carboxylic acids is 1. The number of nitrogens with one attached hydrogen (secondary N) is 1. The fourth-order valence-corrected chi connectivity index (χ4v) is 2.10. The topological polar surface area (TPSA) is 42.0 Å². The summed E-state index contributed by atoms with van der Waals surface area (Å²) in [6.07, 6.45) is 2.02. The molecule has 0 aliphatic carbocycles. The van der Waals surface area contributed by atoms with Gasteiger partial charge in [0.15, 0.2) is 0 Å². The zero-order valence-corrected chi connectivity index (χ0v) is 12.6. The highest BCUT2D eigenvalue weighted by molar-refractivity contribution is 6.33. The maximum absolute atomic E-state index is 13.1. The minimum Gasteiger partial charge on any atom is -0.322 e. The van der Waals surface area contributed by atoms with Crippen LogP contribution in [0, 0.1) is 5.82 Å². The van der Waals surface area contributed by atoms with Crippen molar-refractivity contribution in [3.05, 3.63) is 58.6 Å². The van der Waals surface area contributed by atoms with Gasteiger partial charge in [-0.1, -0.05) is 37.6 Å². The van der Waals surface area contributed by atoms with Crippen LogP contribution < -0.4 is 5.32 Å². The quantitative estimate of drug-likeness (QED) is 0.836. The van der Waals surface area contributed by atoms with Gasteiger partial charge < -0.3 is 5.32 Å². The van der Waals surface area contributed by atoms with Gasteiger partial charge in [-0.25, -0.2) is 9.37 Å². The number of benzene rings is 1. The Morgan fingerprint density at radius 2 is 2.05 bits per heavy atom. The molecule has 1 heterocycles. The van der Waals surface area contributed by atoms with Gasteiger partial charge in [-0.05, 0) is 36.1 Å². The van der Waals surface area contributed by atoms with Crippen molar-refractivity contribution < 1.29 is 9.18 Å². The minimum absolute atomic E-state index is 0.0164. The molecule has 1 amide bonds. The predicted octanol–water partition coefficient (Wildman–Crippen LogP) is 4.64. The first-order valence-corrected chi connectivity index (χ1v) is 7.11. The highest BCUT2D eigenvalue weighted by atomic mass is 35.5. The van der Waals surface area contributed by atoms with E-state index in [0.29, 0.717) is 11.6 Å². The van der Waals surface area contributed by atoms with E-state index in [2.05, 4.69) is 24.1 Å². The molecule has 0 spiro atoms. The summed E-state index contributed by atoms with van der Waals surface area (Å²) in [6.45, 7) is 4.27. The third-order valence-electron chi connectivity index (χ3n) is 3.40. The van der Waals surface area contributed by atoms with Crippen LogP contribution in [-0.2, 0) is 0 Å². The van der Waals surface area contributed by atoms with E-state index < -0.39 is 11.7 Å². The molecule has 0 saturated carbocycles. The second-order valence-corrected chi connectivity index (χ2v) is 5.24. The summed E-state index contributed by atoms with van der Waals surface area (Å²) >= 11 is 5.80. The maximum atomic E-state index is 13.1. The van der Waals surface area contributed by atoms with Crippen molar-refractivity contribution in [1.29, 1.82) is 0 Å². The van der Waals surface area contributed by atoms with Crippen LogP contribution in [0.15, 0.2) is 36.5 Å². The Balaban J connectivity index is 2.14. The number of pyridine rings is 1. The molecule has 3 nitrogen and oxygen atoms in total. The number of hydrogen-bond acceptors (Lipinski definition) is 2. The largest absolute Gasteiger partial charge is 0.322 e. The van der Waals surface area contributed by atoms with Gasteiger partial charge in [0, 0.05) is 5.69 Å². The monoisotopic (exact) mass is 306 g/mol. The van der Waals surface area contributed by atoms with Gasteiger partial charge >= 0.3 is 0 Å². The molecule has 1 N–H and O–H groups in total. The highest BCUT2D eigenvalue weighted by Gasteiger charge is 2.13. The van der Waals surface area contributed by atoms with Gasteiger partial charge in [-0.2, -0.15) is 0 Å². The first-order chi connectivity index (χ1) is 10.0. The van der Waals surface area contributed by atoms with Crippen LogP contribution in [0.1, 0.15) is 42.1 Å². The van der Waals surface area contributed by atoms with E-state index in [-0.39, 0.29) is 10.7 Å². The van der Waals surface area contributed by atoms with Crippen molar-refractivity contribution in [2.45, 2.75) is 26.2 Å². The number of halogens is 2. The van der Waals surface area contributed by atoms with Crippen LogP contribution in [0.2, 0.25) is 5.15 Å². The standard InChI is InChI=1S/C16H16ClFN2O/c1-3-10(2)11-4-6-13(7-5-11)20-16(21)14-8-12(18)9-19-15(14)17/h4-10H,3H2,1-2H3,(H,20,21). The molecule has 0 bridgehead atoms. The summed E-state index contributed by atoms with van der Waals surface area (Å²) in [5.74, 6) is -0.614. The lowest BCUT2D eigenvalue weighted by Crippen LogP contribution is -2.13. The molecule has 1 atom stereocenters. The molecule has 0 fully saturated rings. The summed E-state index contributed by atoms with van der Waals surface area (Å²) in [5.41, 5.74) is 1.86. The van der Waals surface area contributed by atoms with Crippen LogP contribution in [0.4, 0.5) is 10.1 Å². The number of rotatable bonds is 4. The Hall–Kier alpha value is -1.94. The smallest absolute Gasteiger partial charge is 0.258 e. The third kappa shape index (κ3) is 3.79. The zero-order chi connectivity index (χ0) is 15.4. The summed E-state index contributed by atoms with van der Waals surface area (Å²) in [7, 11) is 0. The lowest BCUT2D eigenvalue weighted by atomic mass is 9.98. The van der Waals surface area contributed by atoms with Gasteiger partial charge in [-0.3, -0.25) is 4.79 Å². The van der Waals surface area contributed by atoms with Gasteiger partial charge in [0.2, 0.25) is 0 Å². The van der Waals surface area contributed by atoms with Crippen molar-refractivity contribution in [1.82, 2.24) is 4.98 Å². The Labute approximate surface area is 128 Å². The molecule has 0 saturated heterocycles. The average molecular weight is 307 g/mol. The third-order valence-corrected chi connectivity index (χ3v) is 3.70. The highest BCUT2D eigenvalue weighted by Crippen LogP contribution is 2.21. The maximum Gasteiger partial charge on any atom is 0.258 e. The molecule has 0 radical (unpaired) electrons. The fourth-order valence-electron chi connectivity index (χ4n) is 1.91. The number of hydrogen-bond donors (Lipinski definition) is 1. The zero-order valence-electron chi connectivity index (χ0n) is 11.9. The molecule has 1 aromatic carbocycles. The Morgan fingerprint density at radius 1 is 1.38 bits per heavy atom. The number of carbonyl (C=O) groups is 1. The minimum atomic E-state index is -0.600. The average Bonchev–Trinajstić information content (AvgIpc) is 2.49. The fraction of sp³-hybridized carbons (Fsp3) is 0.250. The van der Waals surface area contributed by atoms with E-state index in [1.54, 1.807) is 0 Å². The molecule has 1 unspecified atom stereocenters. The molecule has 110 valence electrons. The van der Waals surface area contributed by atoms with Gasteiger partial charge in [0.25, 0.3) is 5.91 Å². The molecule has 2 aromatic rings. The molecular formula is C16H16ClFN2O. The van der Waals surface area contributed by atoms with Gasteiger partial charge in [0.1, 0.15) is 11.0 Å². The number of anilines is 1. The van der Waals surface area contributed by atoms with E-state index in [1.165, 1.54) is 5.56 Å². The molecule has 2 rings (SSSR count). The first-order valence-electron chi connectivity index (χ1n) is 6.73. The van der Waals surface area contributed by atoms with E-state index in [0.717, 1.165) is 18.7 Å². The van der Waals surface area contributed by atoms with E-state index in [4.69, 9.17) is 11.6 Å².